The van der Waals surface area contributed by atoms with Gasteiger partial charge in [0.1, 0.15) is 17.1 Å². The number of anilines is 1. The largest absolute Gasteiger partial charge is 0.484 e. The lowest BCUT2D eigenvalue weighted by molar-refractivity contribution is -0.119. The van der Waals surface area contributed by atoms with Crippen molar-refractivity contribution >= 4 is 17.7 Å². The first kappa shape index (κ1) is 22.6. The Hall–Kier alpha value is -3.13. The van der Waals surface area contributed by atoms with E-state index >= 15 is 0 Å². The van der Waals surface area contributed by atoms with Crippen LogP contribution in [0.3, 0.4) is 0 Å². The molecular weight excluding hydrogens is 396 g/mol. The molecule has 1 aliphatic heterocycles. The maximum atomic E-state index is 12.5. The summed E-state index contributed by atoms with van der Waals surface area (Å²) in [7, 11) is 1.98. The van der Waals surface area contributed by atoms with Crippen LogP contribution in [0, 0.1) is 0 Å². The maximum Gasteiger partial charge on any atom is 0.342 e. The number of nitrogens with two attached hydrogens (primary N) is 1. The second kappa shape index (κ2) is 10.3. The average molecular weight is 427 g/mol. The summed E-state index contributed by atoms with van der Waals surface area (Å²) >= 11 is 0. The number of pyridine rings is 1. The molecule has 0 unspecified atom stereocenters. The van der Waals surface area contributed by atoms with Gasteiger partial charge in [-0.3, -0.25) is 9.69 Å². The smallest absolute Gasteiger partial charge is 0.342 e. The number of benzene rings is 1. The zero-order valence-corrected chi connectivity index (χ0v) is 18.3. The quantitative estimate of drug-likeness (QED) is 0.614. The van der Waals surface area contributed by atoms with E-state index in [9.17, 15) is 9.59 Å². The molecule has 2 heterocycles. The first-order valence-electron chi connectivity index (χ1n) is 10.4. The zero-order chi connectivity index (χ0) is 22.4. The fourth-order valence-corrected chi connectivity index (χ4v) is 3.66. The number of rotatable bonds is 9. The molecule has 8 heteroatoms. The lowest BCUT2D eigenvalue weighted by atomic mass is 10.2. The minimum absolute atomic E-state index is 0.125. The Morgan fingerprint density at radius 3 is 2.68 bits per heavy atom. The van der Waals surface area contributed by atoms with Gasteiger partial charge in [-0.2, -0.15) is 0 Å². The monoisotopic (exact) mass is 426 g/mol. The Labute approximate surface area is 182 Å². The number of likely N-dealkylation sites (tertiary alicyclic amines) is 1. The van der Waals surface area contributed by atoms with E-state index in [1.807, 2.05) is 45.2 Å². The van der Waals surface area contributed by atoms with Crippen molar-refractivity contribution < 1.29 is 19.1 Å². The predicted molar refractivity (Wildman–Crippen MR) is 118 cm³/mol. The second-order valence-corrected chi connectivity index (χ2v) is 8.02. The first-order chi connectivity index (χ1) is 14.8. The molecule has 2 N–H and O–H groups in total. The third-order valence-electron chi connectivity index (χ3n) is 5.19. The van der Waals surface area contributed by atoms with Gasteiger partial charge in [0.05, 0.1) is 6.10 Å². The third-order valence-corrected chi connectivity index (χ3v) is 5.19. The first-order valence-corrected chi connectivity index (χ1v) is 10.4. The normalized spacial score (nSPS) is 16.3. The summed E-state index contributed by atoms with van der Waals surface area (Å²) in [6.07, 6.45) is 2.50. The number of nitrogens with zero attached hydrogens (tertiary/aromatic N) is 3. The number of hydrogen-bond acceptors (Lipinski definition) is 7. The van der Waals surface area contributed by atoms with Crippen LogP contribution in [0.1, 0.15) is 36.2 Å². The molecule has 0 aliphatic carbocycles. The van der Waals surface area contributed by atoms with Crippen LogP contribution in [0.2, 0.25) is 0 Å². The van der Waals surface area contributed by atoms with E-state index < -0.39 is 5.91 Å². The van der Waals surface area contributed by atoms with E-state index in [0.29, 0.717) is 17.1 Å². The van der Waals surface area contributed by atoms with Crippen molar-refractivity contribution in [1.82, 2.24) is 9.88 Å². The number of carbonyl (C=O) groups excluding carboxylic acids is 2. The Kier molecular flexibility index (Phi) is 7.46. The number of esters is 1. The number of aromatic nitrogens is 1. The molecule has 166 valence electrons. The summed E-state index contributed by atoms with van der Waals surface area (Å²) in [4.78, 5) is 32.2. The Morgan fingerprint density at radius 1 is 1.26 bits per heavy atom. The molecule has 31 heavy (non-hydrogen) atoms. The second-order valence-electron chi connectivity index (χ2n) is 8.02. The molecule has 1 saturated heterocycles. The lowest BCUT2D eigenvalue weighted by Gasteiger charge is -2.27. The molecule has 0 bridgehead atoms. The predicted octanol–water partition coefficient (Wildman–Crippen LogP) is 2.22. The van der Waals surface area contributed by atoms with Gasteiger partial charge in [0, 0.05) is 38.9 Å². The fraction of sp³-hybridized carbons (Fsp3) is 0.435. The molecule has 1 aromatic carbocycles. The van der Waals surface area contributed by atoms with Crippen LogP contribution >= 0.6 is 0 Å². The molecule has 2 aromatic rings. The van der Waals surface area contributed by atoms with Gasteiger partial charge >= 0.3 is 5.97 Å². The van der Waals surface area contributed by atoms with Crippen molar-refractivity contribution in [2.75, 3.05) is 31.6 Å². The molecule has 0 radical (unpaired) electrons. The summed E-state index contributed by atoms with van der Waals surface area (Å²) in [5, 5.41) is 0. The van der Waals surface area contributed by atoms with Crippen LogP contribution in [0.4, 0.5) is 5.82 Å². The summed E-state index contributed by atoms with van der Waals surface area (Å²) in [5.74, 6) is 0.428. The molecule has 1 fully saturated rings. The van der Waals surface area contributed by atoms with Crippen LogP contribution in [0.15, 0.2) is 42.6 Å². The minimum atomic E-state index is -0.496. The maximum absolute atomic E-state index is 12.5. The van der Waals surface area contributed by atoms with Gasteiger partial charge in [0.15, 0.2) is 6.61 Å². The van der Waals surface area contributed by atoms with Crippen molar-refractivity contribution in [1.29, 1.82) is 0 Å². The highest BCUT2D eigenvalue weighted by Crippen LogP contribution is 2.25. The van der Waals surface area contributed by atoms with E-state index in [4.69, 9.17) is 15.2 Å². The summed E-state index contributed by atoms with van der Waals surface area (Å²) in [6, 6.07) is 11.4. The van der Waals surface area contributed by atoms with E-state index in [0.717, 1.165) is 31.6 Å². The summed E-state index contributed by atoms with van der Waals surface area (Å²) < 4.78 is 10.7. The van der Waals surface area contributed by atoms with Gasteiger partial charge in [-0.15, -0.1) is 0 Å². The lowest BCUT2D eigenvalue weighted by Crippen LogP contribution is -2.36. The average Bonchev–Trinajstić information content (AvgIpc) is 3.20. The van der Waals surface area contributed by atoms with Crippen molar-refractivity contribution in [3.05, 3.63) is 53.7 Å². The van der Waals surface area contributed by atoms with Gasteiger partial charge in [-0.05, 0) is 50.1 Å². The molecule has 1 amide bonds. The van der Waals surface area contributed by atoms with Crippen LogP contribution in [0.5, 0.6) is 5.75 Å². The number of carbonyl (C=O) groups is 2. The van der Waals surface area contributed by atoms with Crippen molar-refractivity contribution in [3.8, 4) is 5.75 Å². The molecule has 0 spiro atoms. The SMILES string of the molecule is CC(C)OC(=O)c1cccnc1N(C)[C@@H]1CCN(Cc2ccc(OCC(N)=O)cc2)C1. The molecule has 3 rings (SSSR count). The number of primary amides is 1. The number of hydrogen-bond donors (Lipinski definition) is 1. The molecule has 1 atom stereocenters. The highest BCUT2D eigenvalue weighted by molar-refractivity contribution is 5.94. The van der Waals surface area contributed by atoms with E-state index in [-0.39, 0.29) is 24.7 Å². The number of likely N-dealkylation sites (N-methyl/N-ethyl adjacent to an activating group) is 1. The third kappa shape index (κ3) is 6.18. The molecular formula is C23H30N4O4. The summed E-state index contributed by atoms with van der Waals surface area (Å²) in [5.41, 5.74) is 6.75. The van der Waals surface area contributed by atoms with E-state index in [1.165, 1.54) is 0 Å². The van der Waals surface area contributed by atoms with Crippen molar-refractivity contribution in [3.63, 3.8) is 0 Å². The Bertz CT molecular complexity index is 901. The Balaban J connectivity index is 1.60. The molecule has 1 aromatic heterocycles. The van der Waals surface area contributed by atoms with Crippen molar-refractivity contribution in [2.45, 2.75) is 39.0 Å². The molecule has 1 aliphatic rings. The van der Waals surface area contributed by atoms with Crippen molar-refractivity contribution in [2.24, 2.45) is 5.73 Å². The van der Waals surface area contributed by atoms with Crippen LogP contribution in [-0.2, 0) is 16.1 Å². The van der Waals surface area contributed by atoms with Gasteiger partial charge < -0.3 is 20.1 Å². The standard InChI is InChI=1S/C23H30N4O4/c1-16(2)31-23(29)20-5-4-11-25-22(20)26(3)18-10-12-27(14-18)13-17-6-8-19(9-7-17)30-15-21(24)28/h4-9,11,16,18H,10,12-15H2,1-3H3,(H2,24,28)/t18-/m1/s1. The number of amides is 1. The fourth-order valence-electron chi connectivity index (χ4n) is 3.66. The van der Waals surface area contributed by atoms with Crippen LogP contribution in [0.25, 0.3) is 0 Å². The van der Waals surface area contributed by atoms with Gasteiger partial charge in [-0.1, -0.05) is 12.1 Å². The van der Waals surface area contributed by atoms with Gasteiger partial charge in [0.25, 0.3) is 5.91 Å². The van der Waals surface area contributed by atoms with Gasteiger partial charge in [-0.25, -0.2) is 9.78 Å². The van der Waals surface area contributed by atoms with E-state index in [1.54, 1.807) is 18.3 Å². The Morgan fingerprint density at radius 2 is 2.00 bits per heavy atom. The summed E-state index contributed by atoms with van der Waals surface area (Å²) in [6.45, 7) is 6.18. The van der Waals surface area contributed by atoms with Gasteiger partial charge in [0.2, 0.25) is 0 Å². The highest BCUT2D eigenvalue weighted by atomic mass is 16.5. The number of ether oxygens (including phenoxy) is 2. The van der Waals surface area contributed by atoms with Crippen LogP contribution in [-0.4, -0.2) is 60.7 Å². The molecule has 0 saturated carbocycles. The van der Waals surface area contributed by atoms with E-state index in [2.05, 4.69) is 14.8 Å². The minimum Gasteiger partial charge on any atom is -0.484 e. The highest BCUT2D eigenvalue weighted by Gasteiger charge is 2.29. The zero-order valence-electron chi connectivity index (χ0n) is 18.3. The molecule has 8 nitrogen and oxygen atoms in total. The topological polar surface area (TPSA) is 98.0 Å². The van der Waals surface area contributed by atoms with Crippen LogP contribution < -0.4 is 15.4 Å².